The number of non-ortho nitro benzene ring substituents is 1. The van der Waals surface area contributed by atoms with Crippen molar-refractivity contribution in [2.75, 3.05) is 5.32 Å². The number of nitrogens with zero attached hydrogens (tertiary/aromatic N) is 3. The molecule has 0 fully saturated rings. The second-order valence-corrected chi connectivity index (χ2v) is 6.81. The quantitative estimate of drug-likeness (QED) is 0.428. The molecule has 7 nitrogen and oxygen atoms in total. The minimum absolute atomic E-state index is 0.0616. The molecule has 1 heterocycles. The molecule has 0 saturated carbocycles. The van der Waals surface area contributed by atoms with Crippen LogP contribution in [0.1, 0.15) is 6.92 Å². The molecule has 0 bridgehead atoms. The van der Waals surface area contributed by atoms with Gasteiger partial charge in [0.2, 0.25) is 5.91 Å². The summed E-state index contributed by atoms with van der Waals surface area (Å²) in [6, 6.07) is 13.6. The van der Waals surface area contributed by atoms with Crippen LogP contribution in [-0.2, 0) is 11.8 Å². The second-order valence-electron chi connectivity index (χ2n) is 5.50. The summed E-state index contributed by atoms with van der Waals surface area (Å²) in [5.41, 5.74) is 2.21. The van der Waals surface area contributed by atoms with Crippen molar-refractivity contribution in [2.24, 2.45) is 7.05 Å². The van der Waals surface area contributed by atoms with Gasteiger partial charge in [-0.1, -0.05) is 30.0 Å². The first-order chi connectivity index (χ1) is 12.0. The number of benzene rings is 2. The van der Waals surface area contributed by atoms with Crippen molar-refractivity contribution in [2.45, 2.75) is 17.3 Å². The highest BCUT2D eigenvalue weighted by atomic mass is 32.2. The smallest absolute Gasteiger partial charge is 0.271 e. The summed E-state index contributed by atoms with van der Waals surface area (Å²) in [6.45, 7) is 1.77. The van der Waals surface area contributed by atoms with Crippen LogP contribution in [0.25, 0.3) is 11.0 Å². The number of hydrogen-bond donors (Lipinski definition) is 1. The van der Waals surface area contributed by atoms with Crippen molar-refractivity contribution >= 4 is 40.1 Å². The van der Waals surface area contributed by atoms with E-state index in [1.807, 2.05) is 35.9 Å². The lowest BCUT2D eigenvalue weighted by atomic mass is 10.2. The van der Waals surface area contributed by atoms with Crippen LogP contribution in [0.5, 0.6) is 0 Å². The van der Waals surface area contributed by atoms with Crippen molar-refractivity contribution in [3.63, 3.8) is 0 Å². The van der Waals surface area contributed by atoms with Crippen LogP contribution >= 0.6 is 11.8 Å². The number of aromatic nitrogens is 2. The van der Waals surface area contributed by atoms with Crippen molar-refractivity contribution < 1.29 is 9.72 Å². The van der Waals surface area contributed by atoms with Crippen LogP contribution < -0.4 is 5.32 Å². The van der Waals surface area contributed by atoms with Crippen molar-refractivity contribution in [1.82, 2.24) is 9.55 Å². The lowest BCUT2D eigenvalue weighted by Gasteiger charge is -2.11. The van der Waals surface area contributed by atoms with Crippen LogP contribution in [0.4, 0.5) is 11.4 Å². The number of aryl methyl sites for hydroxylation is 1. The van der Waals surface area contributed by atoms with E-state index in [0.717, 1.165) is 16.2 Å². The zero-order chi connectivity index (χ0) is 18.0. The van der Waals surface area contributed by atoms with Gasteiger partial charge in [0.05, 0.1) is 21.2 Å². The lowest BCUT2D eigenvalue weighted by Crippen LogP contribution is -2.22. The average Bonchev–Trinajstić information content (AvgIpc) is 2.91. The number of nitro benzene ring substituents is 1. The van der Waals surface area contributed by atoms with E-state index < -0.39 is 10.2 Å². The first-order valence-corrected chi connectivity index (χ1v) is 8.47. The molecule has 0 spiro atoms. The average molecular weight is 356 g/mol. The van der Waals surface area contributed by atoms with Crippen molar-refractivity contribution in [3.05, 3.63) is 58.6 Å². The number of nitro groups is 1. The predicted molar refractivity (Wildman–Crippen MR) is 97.8 cm³/mol. The van der Waals surface area contributed by atoms with Gasteiger partial charge in [-0.25, -0.2) is 4.98 Å². The molecule has 1 unspecified atom stereocenters. The maximum Gasteiger partial charge on any atom is 0.271 e. The molecule has 2 aromatic carbocycles. The number of carbonyl (C=O) groups excluding carboxylic acids is 1. The monoisotopic (exact) mass is 356 g/mol. The molecule has 1 aromatic heterocycles. The Balaban J connectivity index is 1.73. The van der Waals surface area contributed by atoms with Gasteiger partial charge < -0.3 is 9.88 Å². The van der Waals surface area contributed by atoms with E-state index in [2.05, 4.69) is 10.3 Å². The number of rotatable bonds is 5. The molecule has 8 heteroatoms. The Morgan fingerprint density at radius 2 is 2.04 bits per heavy atom. The van der Waals surface area contributed by atoms with E-state index in [-0.39, 0.29) is 11.6 Å². The summed E-state index contributed by atoms with van der Waals surface area (Å²) in [5, 5.41) is 13.9. The normalized spacial score (nSPS) is 12.1. The number of fused-ring (bicyclic) bond motifs is 1. The maximum absolute atomic E-state index is 12.4. The number of imidazole rings is 1. The van der Waals surface area contributed by atoms with Gasteiger partial charge in [-0.2, -0.15) is 0 Å². The van der Waals surface area contributed by atoms with Crippen molar-refractivity contribution in [3.8, 4) is 0 Å². The number of hydrogen-bond acceptors (Lipinski definition) is 5. The Morgan fingerprint density at radius 3 is 2.76 bits per heavy atom. The number of amides is 1. The van der Waals surface area contributed by atoms with Gasteiger partial charge in [0.1, 0.15) is 0 Å². The number of anilines is 1. The third-order valence-corrected chi connectivity index (χ3v) is 4.87. The molecule has 1 atom stereocenters. The van der Waals surface area contributed by atoms with Gasteiger partial charge >= 0.3 is 0 Å². The van der Waals surface area contributed by atoms with Crippen LogP contribution in [0.3, 0.4) is 0 Å². The molecule has 1 amide bonds. The maximum atomic E-state index is 12.4. The number of nitrogens with one attached hydrogen (secondary N) is 1. The molecule has 1 N–H and O–H groups in total. The highest BCUT2D eigenvalue weighted by Gasteiger charge is 2.19. The molecule has 0 saturated heterocycles. The van der Waals surface area contributed by atoms with E-state index in [4.69, 9.17) is 0 Å². The molecule has 25 heavy (non-hydrogen) atoms. The van der Waals surface area contributed by atoms with E-state index in [1.165, 1.54) is 30.0 Å². The summed E-state index contributed by atoms with van der Waals surface area (Å²) in [5.74, 6) is -0.238. The standard InChI is InChI=1S/C17H16N4O3S/c1-11(16(22)18-12-6-5-7-13(10-12)21(23)24)25-17-19-14-8-3-4-9-15(14)20(17)2/h3-11H,1-2H3,(H,18,22). The summed E-state index contributed by atoms with van der Waals surface area (Å²) < 4.78 is 1.94. The van der Waals surface area contributed by atoms with Gasteiger partial charge in [0.25, 0.3) is 5.69 Å². The lowest BCUT2D eigenvalue weighted by molar-refractivity contribution is -0.384. The van der Waals surface area contributed by atoms with Gasteiger partial charge in [-0.05, 0) is 25.1 Å². The van der Waals surface area contributed by atoms with Gasteiger partial charge in [-0.3, -0.25) is 14.9 Å². The van der Waals surface area contributed by atoms with E-state index in [0.29, 0.717) is 5.69 Å². The third-order valence-electron chi connectivity index (χ3n) is 3.72. The minimum Gasteiger partial charge on any atom is -0.325 e. The summed E-state index contributed by atoms with van der Waals surface area (Å²) in [6.07, 6.45) is 0. The Labute approximate surface area is 148 Å². The minimum atomic E-state index is -0.493. The van der Waals surface area contributed by atoms with Crippen LogP contribution in [0.2, 0.25) is 0 Å². The van der Waals surface area contributed by atoms with E-state index in [1.54, 1.807) is 13.0 Å². The molecule has 0 aliphatic rings. The predicted octanol–water partition coefficient (Wildman–Crippen LogP) is 3.60. The first-order valence-electron chi connectivity index (χ1n) is 7.59. The number of thioether (sulfide) groups is 1. The Kier molecular flexibility index (Phi) is 4.71. The molecular formula is C17H16N4O3S. The zero-order valence-electron chi connectivity index (χ0n) is 13.7. The summed E-state index contributed by atoms with van der Waals surface area (Å²) >= 11 is 1.34. The molecule has 0 aliphatic carbocycles. The van der Waals surface area contributed by atoms with Crippen molar-refractivity contribution in [1.29, 1.82) is 0 Å². The Hall–Kier alpha value is -2.87. The first kappa shape index (κ1) is 17.0. The fourth-order valence-corrected chi connectivity index (χ4v) is 3.27. The van der Waals surface area contributed by atoms with Crippen LogP contribution in [0, 0.1) is 10.1 Å². The van der Waals surface area contributed by atoms with Crippen LogP contribution in [-0.4, -0.2) is 25.6 Å². The summed E-state index contributed by atoms with van der Waals surface area (Å²) in [7, 11) is 1.91. The molecule has 0 radical (unpaired) electrons. The highest BCUT2D eigenvalue weighted by Crippen LogP contribution is 2.27. The SMILES string of the molecule is CC(Sc1nc2ccccc2n1C)C(=O)Nc1cccc([N+](=O)[O-])c1. The molecule has 3 rings (SSSR count). The number of para-hydroxylation sites is 2. The molecular weight excluding hydrogens is 340 g/mol. The molecule has 3 aromatic rings. The van der Waals surface area contributed by atoms with Crippen LogP contribution in [0.15, 0.2) is 53.7 Å². The largest absolute Gasteiger partial charge is 0.325 e. The molecule has 128 valence electrons. The Morgan fingerprint density at radius 1 is 1.28 bits per heavy atom. The van der Waals surface area contributed by atoms with Gasteiger partial charge in [0.15, 0.2) is 5.16 Å². The van der Waals surface area contributed by atoms with Gasteiger partial charge in [-0.15, -0.1) is 0 Å². The third kappa shape index (κ3) is 3.63. The topological polar surface area (TPSA) is 90.1 Å². The fraction of sp³-hybridized carbons (Fsp3) is 0.176. The van der Waals surface area contributed by atoms with Gasteiger partial charge in [0, 0.05) is 24.9 Å². The fourth-order valence-electron chi connectivity index (χ4n) is 2.38. The van der Waals surface area contributed by atoms with E-state index in [9.17, 15) is 14.9 Å². The summed E-state index contributed by atoms with van der Waals surface area (Å²) in [4.78, 5) is 27.2. The number of carbonyl (C=O) groups is 1. The van der Waals surface area contributed by atoms with E-state index >= 15 is 0 Å². The zero-order valence-corrected chi connectivity index (χ0v) is 14.5. The highest BCUT2D eigenvalue weighted by molar-refractivity contribution is 8.00. The molecule has 0 aliphatic heterocycles. The Bertz CT molecular complexity index is 954. The second kappa shape index (κ2) is 6.94.